The number of nitrogens with zero attached hydrogens (tertiary/aromatic N) is 1. The van der Waals surface area contributed by atoms with Crippen molar-refractivity contribution >= 4 is 21.9 Å². The van der Waals surface area contributed by atoms with Gasteiger partial charge in [-0.25, -0.2) is 17.9 Å². The molecule has 0 saturated carbocycles. The van der Waals surface area contributed by atoms with E-state index in [0.717, 1.165) is 6.42 Å². The molecule has 1 atom stereocenters. The number of carbonyl (C=O) groups is 2. The molecule has 8 nitrogen and oxygen atoms in total. The molecule has 9 heteroatoms. The SMILES string of the molecule is CC[C@@H](C)NC(=O)COC(=O)c1ccc(S(=O)(=O)NCCC#N)cc1. The van der Waals surface area contributed by atoms with Gasteiger partial charge in [-0.15, -0.1) is 0 Å². The number of sulfonamides is 1. The maximum atomic E-state index is 11.9. The van der Waals surface area contributed by atoms with Crippen molar-refractivity contribution in [2.75, 3.05) is 13.2 Å². The highest BCUT2D eigenvalue weighted by molar-refractivity contribution is 7.89. The Morgan fingerprint density at radius 2 is 1.92 bits per heavy atom. The van der Waals surface area contributed by atoms with Crippen LogP contribution in [0.3, 0.4) is 0 Å². The Morgan fingerprint density at radius 3 is 2.48 bits per heavy atom. The summed E-state index contributed by atoms with van der Waals surface area (Å²) in [6, 6.07) is 6.93. The first-order valence-corrected chi connectivity index (χ1v) is 9.21. The number of amides is 1. The Morgan fingerprint density at radius 1 is 1.28 bits per heavy atom. The minimum absolute atomic E-state index is 0.00786. The number of nitriles is 1. The van der Waals surface area contributed by atoms with Crippen molar-refractivity contribution in [1.82, 2.24) is 10.0 Å². The molecule has 1 aromatic rings. The Kier molecular flexibility index (Phi) is 8.04. The van der Waals surface area contributed by atoms with Crippen LogP contribution >= 0.6 is 0 Å². The van der Waals surface area contributed by atoms with Gasteiger partial charge in [0.1, 0.15) is 0 Å². The molecule has 2 N–H and O–H groups in total. The third-order valence-corrected chi connectivity index (χ3v) is 4.76. The summed E-state index contributed by atoms with van der Waals surface area (Å²) in [5.74, 6) is -1.12. The van der Waals surface area contributed by atoms with E-state index in [1.54, 1.807) is 0 Å². The summed E-state index contributed by atoms with van der Waals surface area (Å²) in [7, 11) is -3.73. The minimum atomic E-state index is -3.73. The van der Waals surface area contributed by atoms with Gasteiger partial charge in [-0.3, -0.25) is 4.79 Å². The van der Waals surface area contributed by atoms with Crippen LogP contribution in [0, 0.1) is 11.3 Å². The fourth-order valence-corrected chi connectivity index (χ4v) is 2.76. The van der Waals surface area contributed by atoms with E-state index >= 15 is 0 Å². The first-order chi connectivity index (χ1) is 11.8. The van der Waals surface area contributed by atoms with Gasteiger partial charge in [0.2, 0.25) is 10.0 Å². The molecule has 0 aliphatic carbocycles. The number of carbonyl (C=O) groups excluding carboxylic acids is 2. The molecule has 0 unspecified atom stereocenters. The lowest BCUT2D eigenvalue weighted by molar-refractivity contribution is -0.124. The predicted molar refractivity (Wildman–Crippen MR) is 90.0 cm³/mol. The summed E-state index contributed by atoms with van der Waals surface area (Å²) in [6.45, 7) is 3.36. The van der Waals surface area contributed by atoms with Gasteiger partial charge < -0.3 is 10.1 Å². The summed E-state index contributed by atoms with van der Waals surface area (Å²) in [5, 5.41) is 11.1. The highest BCUT2D eigenvalue weighted by Gasteiger charge is 2.16. The quantitative estimate of drug-likeness (QED) is 0.494. The summed E-state index contributed by atoms with van der Waals surface area (Å²) < 4.78 is 31.0. The van der Waals surface area contributed by atoms with Crippen molar-refractivity contribution in [3.63, 3.8) is 0 Å². The topological polar surface area (TPSA) is 125 Å². The van der Waals surface area contributed by atoms with Crippen LogP contribution in [0.4, 0.5) is 0 Å². The zero-order valence-electron chi connectivity index (χ0n) is 14.1. The zero-order chi connectivity index (χ0) is 18.9. The van der Waals surface area contributed by atoms with E-state index in [4.69, 9.17) is 10.00 Å². The lowest BCUT2D eigenvalue weighted by Crippen LogP contribution is -2.35. The highest BCUT2D eigenvalue weighted by atomic mass is 32.2. The van der Waals surface area contributed by atoms with Crippen molar-refractivity contribution in [3.05, 3.63) is 29.8 Å². The van der Waals surface area contributed by atoms with Crippen molar-refractivity contribution in [1.29, 1.82) is 5.26 Å². The minimum Gasteiger partial charge on any atom is -0.452 e. The molecule has 1 aromatic carbocycles. The number of hydrogen-bond donors (Lipinski definition) is 2. The van der Waals surface area contributed by atoms with Gasteiger partial charge in [-0.2, -0.15) is 5.26 Å². The molecule has 0 aliphatic rings. The van der Waals surface area contributed by atoms with Crippen molar-refractivity contribution in [3.8, 4) is 6.07 Å². The molecular formula is C16H21N3O5S. The third kappa shape index (κ3) is 6.91. The zero-order valence-corrected chi connectivity index (χ0v) is 14.9. The maximum Gasteiger partial charge on any atom is 0.338 e. The normalized spacial score (nSPS) is 12.0. The molecule has 0 spiro atoms. The average molecular weight is 367 g/mol. The number of ether oxygens (including phenoxy) is 1. The molecule has 1 amide bonds. The number of nitrogens with one attached hydrogen (secondary N) is 2. The lowest BCUT2D eigenvalue weighted by Gasteiger charge is -2.11. The molecule has 0 fully saturated rings. The van der Waals surface area contributed by atoms with Gasteiger partial charge in [0.05, 0.1) is 16.5 Å². The Bertz CT molecular complexity index is 738. The number of hydrogen-bond acceptors (Lipinski definition) is 6. The fraction of sp³-hybridized carbons (Fsp3) is 0.438. The van der Waals surface area contributed by atoms with Crippen LogP contribution in [0.5, 0.6) is 0 Å². The van der Waals surface area contributed by atoms with Crippen molar-refractivity contribution in [2.45, 2.75) is 37.6 Å². The number of esters is 1. The second-order valence-corrected chi connectivity index (χ2v) is 7.05. The van der Waals surface area contributed by atoms with Crippen LogP contribution in [0.25, 0.3) is 0 Å². The van der Waals surface area contributed by atoms with E-state index in [0.29, 0.717) is 0 Å². The average Bonchev–Trinajstić information content (AvgIpc) is 2.59. The van der Waals surface area contributed by atoms with Gasteiger partial charge in [0, 0.05) is 19.0 Å². The monoisotopic (exact) mass is 367 g/mol. The number of benzene rings is 1. The maximum absolute atomic E-state index is 11.9. The van der Waals surface area contributed by atoms with Gasteiger partial charge >= 0.3 is 5.97 Å². The first-order valence-electron chi connectivity index (χ1n) is 7.73. The van der Waals surface area contributed by atoms with Crippen LogP contribution in [0.15, 0.2) is 29.2 Å². The molecular weight excluding hydrogens is 346 g/mol. The summed E-state index contributed by atoms with van der Waals surface area (Å²) in [5.41, 5.74) is 0.132. The first kappa shape index (κ1) is 20.6. The van der Waals surface area contributed by atoms with Crippen molar-refractivity contribution in [2.24, 2.45) is 0 Å². The molecule has 0 aliphatic heterocycles. The Hall–Kier alpha value is -2.44. The smallest absolute Gasteiger partial charge is 0.338 e. The molecule has 25 heavy (non-hydrogen) atoms. The largest absolute Gasteiger partial charge is 0.452 e. The molecule has 0 heterocycles. The molecule has 136 valence electrons. The van der Waals surface area contributed by atoms with Gasteiger partial charge in [-0.05, 0) is 37.6 Å². The predicted octanol–water partition coefficient (Wildman–Crippen LogP) is 0.950. The molecule has 0 bridgehead atoms. The van der Waals surface area contributed by atoms with Crippen LogP contribution in [-0.2, 0) is 19.6 Å². The second kappa shape index (κ2) is 9.76. The highest BCUT2D eigenvalue weighted by Crippen LogP contribution is 2.11. The Labute approximate surface area is 147 Å². The van der Waals surface area contributed by atoms with Gasteiger partial charge in [-0.1, -0.05) is 6.92 Å². The van der Waals surface area contributed by atoms with E-state index in [1.165, 1.54) is 24.3 Å². The lowest BCUT2D eigenvalue weighted by atomic mass is 10.2. The van der Waals surface area contributed by atoms with Gasteiger partial charge in [0.25, 0.3) is 5.91 Å². The summed E-state index contributed by atoms with van der Waals surface area (Å²) in [6.07, 6.45) is 0.820. The third-order valence-electron chi connectivity index (χ3n) is 3.28. The van der Waals surface area contributed by atoms with Gasteiger partial charge in [0.15, 0.2) is 6.61 Å². The van der Waals surface area contributed by atoms with E-state index in [2.05, 4.69) is 10.0 Å². The van der Waals surface area contributed by atoms with Crippen LogP contribution in [-0.4, -0.2) is 39.5 Å². The fourth-order valence-electron chi connectivity index (χ4n) is 1.73. The van der Waals surface area contributed by atoms with E-state index in [-0.39, 0.29) is 29.5 Å². The van der Waals surface area contributed by atoms with Crippen molar-refractivity contribution < 1.29 is 22.7 Å². The Balaban J connectivity index is 2.62. The number of rotatable bonds is 9. The van der Waals surface area contributed by atoms with Crippen LogP contribution in [0.1, 0.15) is 37.0 Å². The molecule has 0 radical (unpaired) electrons. The van der Waals surface area contributed by atoms with E-state index in [9.17, 15) is 18.0 Å². The molecule has 0 saturated heterocycles. The molecule has 1 rings (SSSR count). The second-order valence-electron chi connectivity index (χ2n) is 5.28. The summed E-state index contributed by atoms with van der Waals surface area (Å²) >= 11 is 0. The van der Waals surface area contributed by atoms with Crippen LogP contribution < -0.4 is 10.0 Å². The van der Waals surface area contributed by atoms with Crippen LogP contribution in [0.2, 0.25) is 0 Å². The molecule has 0 aromatic heterocycles. The summed E-state index contributed by atoms with van der Waals surface area (Å²) in [4.78, 5) is 23.4. The standard InChI is InChI=1S/C16H21N3O5S/c1-3-12(2)19-15(20)11-24-16(21)13-5-7-14(8-6-13)25(22,23)18-10-4-9-17/h5-8,12,18H,3-4,10-11H2,1-2H3,(H,19,20)/t12-/m1/s1. The van der Waals surface area contributed by atoms with E-state index < -0.39 is 28.5 Å². The van der Waals surface area contributed by atoms with E-state index in [1.807, 2.05) is 19.9 Å².